The van der Waals surface area contributed by atoms with E-state index in [-0.39, 0.29) is 0 Å². The van der Waals surface area contributed by atoms with Crippen LogP contribution in [-0.4, -0.2) is 35.3 Å². The number of aromatic nitrogens is 2. The number of nitrogens with one attached hydrogen (secondary N) is 1. The van der Waals surface area contributed by atoms with Gasteiger partial charge in [0.05, 0.1) is 4.75 Å². The van der Waals surface area contributed by atoms with Crippen LogP contribution in [-0.2, 0) is 14.6 Å². The van der Waals surface area contributed by atoms with Crippen LogP contribution in [0, 0.1) is 0 Å². The van der Waals surface area contributed by atoms with Gasteiger partial charge in [-0.25, -0.2) is 13.4 Å². The first kappa shape index (κ1) is 17.2. The van der Waals surface area contributed by atoms with E-state index in [4.69, 9.17) is 5.73 Å². The second-order valence-corrected chi connectivity index (χ2v) is 8.86. The number of nitrogens with two attached hydrogens (primary N) is 1. The van der Waals surface area contributed by atoms with Gasteiger partial charge in [-0.15, -0.1) is 0 Å². The van der Waals surface area contributed by atoms with Gasteiger partial charge in [0.2, 0.25) is 5.91 Å². The predicted octanol–water partition coefficient (Wildman–Crippen LogP) is 2.21. The zero-order chi connectivity index (χ0) is 18.2. The lowest BCUT2D eigenvalue weighted by Crippen LogP contribution is -2.32. The van der Waals surface area contributed by atoms with Gasteiger partial charge < -0.3 is 10.7 Å². The Morgan fingerprint density at radius 3 is 2.80 bits per heavy atom. The summed E-state index contributed by atoms with van der Waals surface area (Å²) in [5, 5.41) is 0.862. The fraction of sp³-hybridized carbons (Fsp3) is 0.222. The number of rotatable bonds is 4. The fourth-order valence-corrected chi connectivity index (χ4v) is 3.40. The summed E-state index contributed by atoms with van der Waals surface area (Å²) in [7, 11) is -3.18. The van der Waals surface area contributed by atoms with Gasteiger partial charge >= 0.3 is 0 Å². The van der Waals surface area contributed by atoms with Crippen molar-refractivity contribution in [3.63, 3.8) is 0 Å². The third-order valence-corrected chi connectivity index (χ3v) is 6.51. The average molecular weight is 357 g/mol. The molecule has 0 fully saturated rings. The van der Waals surface area contributed by atoms with E-state index in [0.717, 1.165) is 22.1 Å². The van der Waals surface area contributed by atoms with Crippen molar-refractivity contribution in [2.75, 3.05) is 6.26 Å². The molecule has 1 unspecified atom stereocenters. The molecule has 0 aliphatic heterocycles. The van der Waals surface area contributed by atoms with Gasteiger partial charge in [-0.3, -0.25) is 4.79 Å². The number of primary amides is 1. The van der Waals surface area contributed by atoms with Gasteiger partial charge in [-0.1, -0.05) is 18.2 Å². The topological polar surface area (TPSA) is 106 Å². The van der Waals surface area contributed by atoms with Gasteiger partial charge in [0.1, 0.15) is 5.65 Å². The van der Waals surface area contributed by atoms with Crippen molar-refractivity contribution in [2.24, 2.45) is 5.73 Å². The Balaban J connectivity index is 1.97. The van der Waals surface area contributed by atoms with E-state index < -0.39 is 20.5 Å². The molecule has 0 spiro atoms. The van der Waals surface area contributed by atoms with E-state index in [9.17, 15) is 13.2 Å². The maximum absolute atomic E-state index is 11.9. The van der Waals surface area contributed by atoms with Gasteiger partial charge in [0.15, 0.2) is 9.84 Å². The molecular formula is C18H19N3O3S. The Labute approximate surface area is 146 Å². The number of sulfone groups is 1. The number of allylic oxidation sites excluding steroid dienone is 3. The van der Waals surface area contributed by atoms with Crippen molar-refractivity contribution >= 4 is 38.4 Å². The van der Waals surface area contributed by atoms with Crippen molar-refractivity contribution < 1.29 is 13.2 Å². The Morgan fingerprint density at radius 2 is 2.20 bits per heavy atom. The van der Waals surface area contributed by atoms with E-state index in [1.807, 2.05) is 18.2 Å². The molecule has 1 amide bonds. The zero-order valence-corrected chi connectivity index (χ0v) is 14.8. The smallest absolute Gasteiger partial charge is 0.241 e. The molecule has 1 aliphatic carbocycles. The summed E-state index contributed by atoms with van der Waals surface area (Å²) in [6, 6.07) is 1.96. The van der Waals surface area contributed by atoms with E-state index >= 15 is 0 Å². The second-order valence-electron chi connectivity index (χ2n) is 6.38. The molecule has 2 heterocycles. The molecule has 7 heteroatoms. The number of aromatic amines is 1. The number of carbonyl (C=O) groups is 1. The molecule has 0 saturated carbocycles. The van der Waals surface area contributed by atoms with Crippen LogP contribution in [0.5, 0.6) is 0 Å². The predicted molar refractivity (Wildman–Crippen MR) is 99.3 cm³/mol. The molecule has 3 rings (SSSR count). The first-order chi connectivity index (χ1) is 11.7. The quantitative estimate of drug-likeness (QED) is 0.818. The number of nitrogens with zero attached hydrogens (tertiary/aromatic N) is 1. The number of hydrogen-bond donors (Lipinski definition) is 2. The van der Waals surface area contributed by atoms with E-state index in [0.29, 0.717) is 12.1 Å². The van der Waals surface area contributed by atoms with Crippen LogP contribution in [0.15, 0.2) is 42.8 Å². The monoisotopic (exact) mass is 357 g/mol. The first-order valence-corrected chi connectivity index (χ1v) is 9.63. The number of fused-ring (bicyclic) bond motifs is 1. The average Bonchev–Trinajstić information content (AvgIpc) is 2.95. The minimum absolute atomic E-state index is 0.414. The Hall–Kier alpha value is -2.67. The minimum atomic E-state index is -3.18. The van der Waals surface area contributed by atoms with Crippen LogP contribution in [0.25, 0.3) is 22.7 Å². The van der Waals surface area contributed by atoms with Gasteiger partial charge in [0.25, 0.3) is 0 Å². The van der Waals surface area contributed by atoms with Crippen LogP contribution >= 0.6 is 0 Å². The third-order valence-electron chi connectivity index (χ3n) is 4.51. The highest BCUT2D eigenvalue weighted by molar-refractivity contribution is 7.92. The van der Waals surface area contributed by atoms with Gasteiger partial charge in [-0.2, -0.15) is 0 Å². The molecule has 0 bridgehead atoms. The third kappa shape index (κ3) is 3.28. The molecule has 6 nitrogen and oxygen atoms in total. The standard InChI is InChI=1S/C18H19N3O3S/c1-18(25(2,23)24)7-5-12(6-8-18)14-9-15-13(3-4-16(19)22)10-20-17(15)21-11-14/h3-7,9-11H,8H2,1-2H3,(H2,19,22)(H,20,21)/b4-3+. The summed E-state index contributed by atoms with van der Waals surface area (Å²) in [5.41, 5.74) is 8.45. The van der Waals surface area contributed by atoms with Crippen molar-refractivity contribution in [3.05, 3.63) is 53.9 Å². The summed E-state index contributed by atoms with van der Waals surface area (Å²) < 4.78 is 23.0. The fourth-order valence-electron chi connectivity index (χ4n) is 2.70. The SMILES string of the molecule is CC1(S(C)(=O)=O)C=CC(c2cnc3[nH]cc(/C=C/C(N)=O)c3c2)=CC1. The van der Waals surface area contributed by atoms with Crippen molar-refractivity contribution in [3.8, 4) is 0 Å². The van der Waals surface area contributed by atoms with Crippen molar-refractivity contribution in [1.82, 2.24) is 9.97 Å². The Bertz CT molecular complexity index is 1040. The molecule has 0 saturated heterocycles. The molecule has 2 aromatic rings. The number of amides is 1. The maximum atomic E-state index is 11.9. The first-order valence-electron chi connectivity index (χ1n) is 7.74. The molecular weight excluding hydrogens is 338 g/mol. The molecule has 3 N–H and O–H groups in total. The Kier molecular flexibility index (Phi) is 4.12. The lowest BCUT2D eigenvalue weighted by Gasteiger charge is -2.26. The highest BCUT2D eigenvalue weighted by atomic mass is 32.2. The van der Waals surface area contributed by atoms with Crippen molar-refractivity contribution in [2.45, 2.75) is 18.1 Å². The number of pyridine rings is 1. The number of hydrogen-bond acceptors (Lipinski definition) is 4. The second kappa shape index (κ2) is 6.00. The summed E-state index contributed by atoms with van der Waals surface area (Å²) in [5.74, 6) is -0.517. The highest BCUT2D eigenvalue weighted by Gasteiger charge is 2.33. The summed E-state index contributed by atoms with van der Waals surface area (Å²) in [6.45, 7) is 1.71. The van der Waals surface area contributed by atoms with E-state index in [1.54, 1.807) is 31.5 Å². The number of carbonyl (C=O) groups excluding carboxylic acids is 1. The maximum Gasteiger partial charge on any atom is 0.241 e. The molecule has 1 aliphatic rings. The number of H-pyrrole nitrogens is 1. The highest BCUT2D eigenvalue weighted by Crippen LogP contribution is 2.32. The molecule has 130 valence electrons. The largest absolute Gasteiger partial charge is 0.366 e. The summed E-state index contributed by atoms with van der Waals surface area (Å²) in [4.78, 5) is 18.4. The minimum Gasteiger partial charge on any atom is -0.366 e. The molecule has 2 aromatic heterocycles. The van der Waals surface area contributed by atoms with Crippen LogP contribution in [0.2, 0.25) is 0 Å². The lowest BCUT2D eigenvalue weighted by atomic mass is 9.94. The van der Waals surface area contributed by atoms with Gasteiger partial charge in [0, 0.05) is 41.2 Å². The summed E-state index contributed by atoms with van der Waals surface area (Å²) in [6.07, 6.45) is 13.6. The van der Waals surface area contributed by atoms with E-state index in [2.05, 4.69) is 9.97 Å². The van der Waals surface area contributed by atoms with Crippen LogP contribution in [0.4, 0.5) is 0 Å². The normalized spacial score (nSPS) is 21.0. The summed E-state index contributed by atoms with van der Waals surface area (Å²) >= 11 is 0. The van der Waals surface area contributed by atoms with Crippen molar-refractivity contribution in [1.29, 1.82) is 0 Å². The molecule has 25 heavy (non-hydrogen) atoms. The lowest BCUT2D eigenvalue weighted by molar-refractivity contribution is -0.113. The zero-order valence-electron chi connectivity index (χ0n) is 14.0. The van der Waals surface area contributed by atoms with Crippen LogP contribution in [0.1, 0.15) is 24.5 Å². The molecule has 1 atom stereocenters. The molecule has 0 radical (unpaired) electrons. The van der Waals surface area contributed by atoms with Crippen LogP contribution in [0.3, 0.4) is 0 Å². The van der Waals surface area contributed by atoms with Gasteiger partial charge in [-0.05, 0) is 31.1 Å². The van der Waals surface area contributed by atoms with E-state index in [1.165, 1.54) is 12.3 Å². The Morgan fingerprint density at radius 1 is 1.44 bits per heavy atom. The van der Waals surface area contributed by atoms with Crippen LogP contribution < -0.4 is 5.73 Å². The molecule has 0 aromatic carbocycles.